The number of hydrogen-bond donors (Lipinski definition) is 1. The second kappa shape index (κ2) is 6.58. The molecule has 2 rings (SSSR count). The van der Waals surface area contributed by atoms with Crippen molar-refractivity contribution >= 4 is 5.97 Å². The SMILES string of the molecule is O=C(O)CCC(c1ccccc1)C1CCCCC1. The van der Waals surface area contributed by atoms with Crippen LogP contribution in [0.5, 0.6) is 0 Å². The Morgan fingerprint density at radius 1 is 1.17 bits per heavy atom. The van der Waals surface area contributed by atoms with Crippen LogP contribution < -0.4 is 0 Å². The number of aliphatic carboxylic acids is 1. The van der Waals surface area contributed by atoms with Gasteiger partial charge in [-0.3, -0.25) is 4.79 Å². The van der Waals surface area contributed by atoms with Crippen LogP contribution in [0.2, 0.25) is 0 Å². The van der Waals surface area contributed by atoms with Crippen molar-refractivity contribution in [3.63, 3.8) is 0 Å². The second-order valence-electron chi connectivity index (χ2n) is 5.35. The number of benzene rings is 1. The second-order valence-corrected chi connectivity index (χ2v) is 5.35. The highest BCUT2D eigenvalue weighted by Gasteiger charge is 2.25. The van der Waals surface area contributed by atoms with E-state index in [4.69, 9.17) is 5.11 Å². The van der Waals surface area contributed by atoms with Crippen LogP contribution in [-0.2, 0) is 4.79 Å². The maximum atomic E-state index is 10.8. The molecule has 0 amide bonds. The fourth-order valence-electron chi connectivity index (χ4n) is 3.19. The van der Waals surface area contributed by atoms with Gasteiger partial charge in [0.05, 0.1) is 0 Å². The van der Waals surface area contributed by atoms with Crippen LogP contribution in [0.4, 0.5) is 0 Å². The summed E-state index contributed by atoms with van der Waals surface area (Å²) in [6, 6.07) is 10.5. The van der Waals surface area contributed by atoms with E-state index >= 15 is 0 Å². The quantitative estimate of drug-likeness (QED) is 0.844. The molecule has 1 saturated carbocycles. The summed E-state index contributed by atoms with van der Waals surface area (Å²) in [6.45, 7) is 0. The lowest BCUT2D eigenvalue weighted by Crippen LogP contribution is -2.17. The minimum Gasteiger partial charge on any atom is -0.481 e. The molecular formula is C16H22O2. The zero-order valence-corrected chi connectivity index (χ0v) is 10.8. The standard InChI is InChI=1S/C16H22O2/c17-16(18)12-11-15(13-7-3-1-4-8-13)14-9-5-2-6-10-14/h1,3-4,7-8,14-15H,2,5-6,9-12H2,(H,17,18). The lowest BCUT2D eigenvalue weighted by atomic mass is 9.75. The first kappa shape index (κ1) is 13.1. The summed E-state index contributed by atoms with van der Waals surface area (Å²) in [5.41, 5.74) is 1.32. The van der Waals surface area contributed by atoms with Crippen molar-refractivity contribution in [1.29, 1.82) is 0 Å². The fraction of sp³-hybridized carbons (Fsp3) is 0.562. The number of hydrogen-bond acceptors (Lipinski definition) is 1. The molecule has 1 fully saturated rings. The van der Waals surface area contributed by atoms with Crippen molar-refractivity contribution in [2.45, 2.75) is 50.9 Å². The summed E-state index contributed by atoms with van der Waals surface area (Å²) >= 11 is 0. The highest BCUT2D eigenvalue weighted by Crippen LogP contribution is 2.38. The Hall–Kier alpha value is -1.31. The molecule has 1 N–H and O–H groups in total. The van der Waals surface area contributed by atoms with Gasteiger partial charge < -0.3 is 5.11 Å². The summed E-state index contributed by atoms with van der Waals surface area (Å²) in [6.07, 6.45) is 7.55. The van der Waals surface area contributed by atoms with Gasteiger partial charge in [-0.05, 0) is 36.7 Å². The first-order chi connectivity index (χ1) is 8.77. The molecule has 1 atom stereocenters. The van der Waals surface area contributed by atoms with E-state index in [0.717, 1.165) is 6.42 Å². The molecule has 1 aliphatic carbocycles. The Balaban J connectivity index is 2.08. The predicted molar refractivity (Wildman–Crippen MR) is 72.6 cm³/mol. The molecule has 2 heteroatoms. The lowest BCUT2D eigenvalue weighted by Gasteiger charge is -2.30. The Labute approximate surface area is 109 Å². The minimum absolute atomic E-state index is 0.288. The summed E-state index contributed by atoms with van der Waals surface area (Å²) in [5.74, 6) is 0.440. The Kier molecular flexibility index (Phi) is 4.80. The monoisotopic (exact) mass is 246 g/mol. The summed E-state index contributed by atoms with van der Waals surface area (Å²) < 4.78 is 0. The van der Waals surface area contributed by atoms with E-state index in [1.165, 1.54) is 37.7 Å². The average Bonchev–Trinajstić information content (AvgIpc) is 2.41. The molecule has 1 aromatic carbocycles. The van der Waals surface area contributed by atoms with E-state index in [1.54, 1.807) is 0 Å². The van der Waals surface area contributed by atoms with Gasteiger partial charge in [-0.15, -0.1) is 0 Å². The largest absolute Gasteiger partial charge is 0.481 e. The van der Waals surface area contributed by atoms with Crippen molar-refractivity contribution in [3.8, 4) is 0 Å². The molecule has 0 aliphatic heterocycles. The third-order valence-corrected chi connectivity index (χ3v) is 4.12. The maximum absolute atomic E-state index is 10.8. The molecule has 0 bridgehead atoms. The average molecular weight is 246 g/mol. The van der Waals surface area contributed by atoms with Crippen molar-refractivity contribution < 1.29 is 9.90 Å². The van der Waals surface area contributed by atoms with Crippen molar-refractivity contribution in [2.24, 2.45) is 5.92 Å². The van der Waals surface area contributed by atoms with E-state index in [2.05, 4.69) is 24.3 Å². The molecule has 0 heterocycles. The molecule has 18 heavy (non-hydrogen) atoms. The molecule has 1 unspecified atom stereocenters. The molecule has 0 aromatic heterocycles. The van der Waals surface area contributed by atoms with Crippen LogP contribution in [0.25, 0.3) is 0 Å². The van der Waals surface area contributed by atoms with E-state index in [-0.39, 0.29) is 6.42 Å². The first-order valence-corrected chi connectivity index (χ1v) is 7.04. The van der Waals surface area contributed by atoms with Crippen LogP contribution in [0.3, 0.4) is 0 Å². The van der Waals surface area contributed by atoms with Gasteiger partial charge in [-0.2, -0.15) is 0 Å². The zero-order valence-electron chi connectivity index (χ0n) is 10.8. The van der Waals surface area contributed by atoms with Crippen molar-refractivity contribution in [3.05, 3.63) is 35.9 Å². The van der Waals surface area contributed by atoms with Crippen LogP contribution in [0.15, 0.2) is 30.3 Å². The Morgan fingerprint density at radius 2 is 1.83 bits per heavy atom. The van der Waals surface area contributed by atoms with E-state index in [1.807, 2.05) is 6.07 Å². The van der Waals surface area contributed by atoms with Gasteiger partial charge in [0.2, 0.25) is 0 Å². The van der Waals surface area contributed by atoms with Gasteiger partial charge in [-0.25, -0.2) is 0 Å². The summed E-state index contributed by atoms with van der Waals surface area (Å²) in [4.78, 5) is 10.8. The van der Waals surface area contributed by atoms with Gasteiger partial charge in [0.15, 0.2) is 0 Å². The van der Waals surface area contributed by atoms with Gasteiger partial charge >= 0.3 is 5.97 Å². The van der Waals surface area contributed by atoms with Gasteiger partial charge in [0.25, 0.3) is 0 Å². The molecule has 0 radical (unpaired) electrons. The van der Waals surface area contributed by atoms with E-state index in [9.17, 15) is 4.79 Å². The highest BCUT2D eigenvalue weighted by atomic mass is 16.4. The molecule has 98 valence electrons. The highest BCUT2D eigenvalue weighted by molar-refractivity contribution is 5.66. The number of carboxylic acid groups (broad SMARTS) is 1. The number of carboxylic acids is 1. The first-order valence-electron chi connectivity index (χ1n) is 7.04. The Morgan fingerprint density at radius 3 is 2.44 bits per heavy atom. The Bertz CT molecular complexity index is 366. The molecule has 0 spiro atoms. The molecule has 2 nitrogen and oxygen atoms in total. The number of carbonyl (C=O) groups is 1. The van der Waals surface area contributed by atoms with Gasteiger partial charge in [-0.1, -0.05) is 49.6 Å². The van der Waals surface area contributed by atoms with Crippen LogP contribution >= 0.6 is 0 Å². The van der Waals surface area contributed by atoms with Crippen LogP contribution in [0, 0.1) is 5.92 Å². The maximum Gasteiger partial charge on any atom is 0.303 e. The van der Waals surface area contributed by atoms with Gasteiger partial charge in [0, 0.05) is 6.42 Å². The summed E-state index contributed by atoms with van der Waals surface area (Å²) in [7, 11) is 0. The van der Waals surface area contributed by atoms with Crippen molar-refractivity contribution in [2.75, 3.05) is 0 Å². The lowest BCUT2D eigenvalue weighted by molar-refractivity contribution is -0.137. The number of rotatable bonds is 5. The predicted octanol–water partition coefficient (Wildman–Crippen LogP) is 4.22. The van der Waals surface area contributed by atoms with Crippen LogP contribution in [-0.4, -0.2) is 11.1 Å². The molecule has 0 saturated heterocycles. The summed E-state index contributed by atoms with van der Waals surface area (Å²) in [5, 5.41) is 8.91. The van der Waals surface area contributed by atoms with E-state index in [0.29, 0.717) is 11.8 Å². The normalized spacial score (nSPS) is 18.4. The molecular weight excluding hydrogens is 224 g/mol. The topological polar surface area (TPSA) is 37.3 Å². The smallest absolute Gasteiger partial charge is 0.303 e. The van der Waals surface area contributed by atoms with Gasteiger partial charge in [0.1, 0.15) is 0 Å². The molecule has 1 aromatic rings. The fourth-order valence-corrected chi connectivity index (χ4v) is 3.19. The van der Waals surface area contributed by atoms with Crippen molar-refractivity contribution in [1.82, 2.24) is 0 Å². The minimum atomic E-state index is -0.674. The van der Waals surface area contributed by atoms with E-state index < -0.39 is 5.97 Å². The third-order valence-electron chi connectivity index (χ3n) is 4.12. The molecule has 1 aliphatic rings. The third kappa shape index (κ3) is 3.59. The van der Waals surface area contributed by atoms with Crippen LogP contribution in [0.1, 0.15) is 56.4 Å². The zero-order chi connectivity index (χ0) is 12.8.